The van der Waals surface area contributed by atoms with Crippen LogP contribution in [-0.4, -0.2) is 118 Å². The van der Waals surface area contributed by atoms with Crippen molar-refractivity contribution in [3.8, 4) is 0 Å². The molecule has 0 aromatic heterocycles. The van der Waals surface area contributed by atoms with Gasteiger partial charge in [-0.15, -0.1) is 0 Å². The highest BCUT2D eigenvalue weighted by atomic mass is 35.5. The highest BCUT2D eigenvalue weighted by Gasteiger charge is 2.52. The molecule has 3 aliphatic rings. The van der Waals surface area contributed by atoms with Gasteiger partial charge in [-0.05, 0) is 123 Å². The minimum Gasteiger partial charge on any atom is -0.417 e. The fourth-order valence-corrected chi connectivity index (χ4v) is 11.6. The van der Waals surface area contributed by atoms with Crippen molar-refractivity contribution >= 4 is 49.2 Å². The number of hydrogen-bond acceptors (Lipinski definition) is 6. The maximum absolute atomic E-state index is 14.4. The lowest BCUT2D eigenvalue weighted by molar-refractivity contribution is -0.144. The third-order valence-corrected chi connectivity index (χ3v) is 20.8. The number of piperidine rings is 1. The molecule has 2 heterocycles. The summed E-state index contributed by atoms with van der Waals surface area (Å²) in [6.07, 6.45) is -3.48. The maximum Gasteiger partial charge on any atom is 0.416 e. The van der Waals surface area contributed by atoms with Crippen LogP contribution in [0.4, 0.5) is 26.3 Å². The molecule has 0 radical (unpaired) electrons. The van der Waals surface area contributed by atoms with Crippen molar-refractivity contribution in [3.63, 3.8) is 0 Å². The summed E-state index contributed by atoms with van der Waals surface area (Å²) in [5, 5.41) is 0.578. The van der Waals surface area contributed by atoms with Gasteiger partial charge in [0.1, 0.15) is 12.1 Å². The van der Waals surface area contributed by atoms with E-state index in [1.807, 2.05) is 17.0 Å². The van der Waals surface area contributed by atoms with E-state index >= 15 is 0 Å². The number of nitrogens with zero attached hydrogens (tertiary/aromatic N) is 4. The number of benzene rings is 3. The average molecular weight is 1060 g/mol. The number of halogens is 8. The number of ether oxygens (including phenoxy) is 1. The van der Waals surface area contributed by atoms with E-state index in [0.29, 0.717) is 76.2 Å². The molecule has 2 fully saturated rings. The molecule has 1 spiro atoms. The SMILES string of the molecule is CCCCCC(=O)N(CC(=O)N(C)CCCCO[Si](C)(C)C(C)(C)C)C1Cc2ccccc2C12CCN(CC[C@@]1(c3ccc(Cl)c(Cl)c3)CN(C(=O)c3cc(C(F)(F)F)cc(C(F)(F)F)c3)CCO1)CC2. The number of carbonyl (C=O) groups excluding carboxylic acids is 3. The Bertz CT molecular complexity index is 2320. The molecule has 1 aliphatic carbocycles. The number of amides is 3. The second kappa shape index (κ2) is 22.8. The van der Waals surface area contributed by atoms with E-state index in [2.05, 4.69) is 57.8 Å². The first-order valence-electron chi connectivity index (χ1n) is 24.9. The van der Waals surface area contributed by atoms with E-state index in [0.717, 1.165) is 37.7 Å². The van der Waals surface area contributed by atoms with Crippen LogP contribution in [0.3, 0.4) is 0 Å². The molecular formula is C53H70Cl2F6N4O5Si. The van der Waals surface area contributed by atoms with Crippen molar-refractivity contribution < 1.29 is 49.9 Å². The third-order valence-electron chi connectivity index (χ3n) is 15.5. The van der Waals surface area contributed by atoms with Gasteiger partial charge in [-0.25, -0.2) is 0 Å². The van der Waals surface area contributed by atoms with Gasteiger partial charge in [-0.2, -0.15) is 26.3 Å². The van der Waals surface area contributed by atoms with Crippen LogP contribution in [0.15, 0.2) is 60.7 Å². The van der Waals surface area contributed by atoms with Crippen LogP contribution in [-0.2, 0) is 48.5 Å². The zero-order valence-corrected chi connectivity index (χ0v) is 44.7. The Hall–Kier alpha value is -3.67. The van der Waals surface area contributed by atoms with Crippen molar-refractivity contribution in [2.24, 2.45) is 0 Å². The van der Waals surface area contributed by atoms with E-state index in [1.165, 1.54) is 10.5 Å². The molecular weight excluding hydrogens is 986 g/mol. The molecule has 71 heavy (non-hydrogen) atoms. The Kier molecular flexibility index (Phi) is 18.2. The van der Waals surface area contributed by atoms with E-state index in [4.69, 9.17) is 32.4 Å². The second-order valence-electron chi connectivity index (χ2n) is 21.2. The number of alkyl halides is 6. The summed E-state index contributed by atoms with van der Waals surface area (Å²) in [5.74, 6) is -1.13. The van der Waals surface area contributed by atoms with Crippen LogP contribution in [0, 0.1) is 0 Å². The number of fused-ring (bicyclic) bond motifs is 2. The van der Waals surface area contributed by atoms with Crippen molar-refractivity contribution in [2.45, 2.75) is 139 Å². The van der Waals surface area contributed by atoms with Gasteiger partial charge in [0.25, 0.3) is 5.91 Å². The monoisotopic (exact) mass is 1050 g/mol. The molecule has 2 aliphatic heterocycles. The van der Waals surface area contributed by atoms with Crippen molar-refractivity contribution in [3.05, 3.63) is 104 Å². The molecule has 3 aromatic carbocycles. The van der Waals surface area contributed by atoms with E-state index in [-0.39, 0.29) is 71.7 Å². The quantitative estimate of drug-likeness (QED) is 0.0717. The third kappa shape index (κ3) is 13.4. The second-order valence-corrected chi connectivity index (χ2v) is 26.9. The number of hydrogen-bond donors (Lipinski definition) is 0. The van der Waals surface area contributed by atoms with Gasteiger partial charge in [-0.1, -0.05) is 94.1 Å². The largest absolute Gasteiger partial charge is 0.417 e. The van der Waals surface area contributed by atoms with Gasteiger partial charge in [0.05, 0.1) is 34.3 Å². The van der Waals surface area contributed by atoms with Crippen molar-refractivity contribution in [1.29, 1.82) is 0 Å². The first kappa shape index (κ1) is 56.6. The van der Waals surface area contributed by atoms with Crippen LogP contribution in [0.2, 0.25) is 28.2 Å². The van der Waals surface area contributed by atoms with E-state index in [1.54, 1.807) is 30.1 Å². The summed E-state index contributed by atoms with van der Waals surface area (Å²) >= 11 is 12.9. The Morgan fingerprint density at radius 3 is 2.13 bits per heavy atom. The Morgan fingerprint density at radius 2 is 1.51 bits per heavy atom. The van der Waals surface area contributed by atoms with Gasteiger partial charge in [0.2, 0.25) is 11.8 Å². The normalized spacial score (nSPS) is 19.8. The molecule has 0 N–H and O–H groups in total. The fraction of sp³-hybridized carbons (Fsp3) is 0.604. The van der Waals surface area contributed by atoms with Crippen LogP contribution < -0.4 is 0 Å². The van der Waals surface area contributed by atoms with Crippen LogP contribution in [0.1, 0.15) is 124 Å². The maximum atomic E-state index is 14.4. The summed E-state index contributed by atoms with van der Waals surface area (Å²) in [6, 6.07) is 13.8. The zero-order chi connectivity index (χ0) is 52.2. The number of morpholine rings is 1. The summed E-state index contributed by atoms with van der Waals surface area (Å²) < 4.78 is 96.1. The van der Waals surface area contributed by atoms with Crippen LogP contribution in [0.5, 0.6) is 0 Å². The van der Waals surface area contributed by atoms with E-state index in [9.17, 15) is 40.7 Å². The smallest absolute Gasteiger partial charge is 0.416 e. The Morgan fingerprint density at radius 1 is 0.845 bits per heavy atom. The lowest BCUT2D eigenvalue weighted by Crippen LogP contribution is -2.58. The molecule has 0 saturated carbocycles. The molecule has 9 nitrogen and oxygen atoms in total. The first-order chi connectivity index (χ1) is 33.2. The molecule has 3 amide bonds. The molecule has 1 unspecified atom stereocenters. The minimum absolute atomic E-state index is 0.00252. The fourth-order valence-electron chi connectivity index (χ4n) is 10.2. The molecule has 3 aromatic rings. The predicted octanol–water partition coefficient (Wildman–Crippen LogP) is 12.4. The molecule has 392 valence electrons. The molecule has 0 bridgehead atoms. The molecule has 2 saturated heterocycles. The lowest BCUT2D eigenvalue weighted by Gasteiger charge is -2.48. The summed E-state index contributed by atoms with van der Waals surface area (Å²) in [7, 11) is -0.0850. The van der Waals surface area contributed by atoms with Gasteiger partial charge >= 0.3 is 12.4 Å². The highest BCUT2D eigenvalue weighted by molar-refractivity contribution is 6.74. The Labute approximate surface area is 426 Å². The predicted molar refractivity (Wildman–Crippen MR) is 268 cm³/mol. The number of likely N-dealkylation sites (N-methyl/N-ethyl adjacent to an activating group) is 1. The first-order valence-corrected chi connectivity index (χ1v) is 28.5. The topological polar surface area (TPSA) is 82.6 Å². The summed E-state index contributed by atoms with van der Waals surface area (Å²) in [5.41, 5.74) is -2.72. The summed E-state index contributed by atoms with van der Waals surface area (Å²) in [4.78, 5) is 49.7. The van der Waals surface area contributed by atoms with Crippen LogP contribution in [0.25, 0.3) is 0 Å². The number of likely N-dealkylation sites (tertiary alicyclic amines) is 1. The van der Waals surface area contributed by atoms with Gasteiger partial charge in [-0.3, -0.25) is 14.4 Å². The van der Waals surface area contributed by atoms with Gasteiger partial charge in [0, 0.05) is 56.7 Å². The highest BCUT2D eigenvalue weighted by Crippen LogP contribution is 2.49. The Balaban J connectivity index is 1.21. The van der Waals surface area contributed by atoms with Gasteiger partial charge < -0.3 is 28.8 Å². The minimum atomic E-state index is -5.13. The van der Waals surface area contributed by atoms with E-state index < -0.39 is 54.3 Å². The van der Waals surface area contributed by atoms with Crippen LogP contribution >= 0.6 is 23.2 Å². The number of rotatable bonds is 18. The number of carbonyl (C=O) groups is 3. The molecule has 18 heteroatoms. The average Bonchev–Trinajstić information content (AvgIpc) is 3.62. The lowest BCUT2D eigenvalue weighted by atomic mass is 9.70. The standard InChI is InChI=1S/C53H70Cl2F6N4O5Si/c1-8-9-10-17-46(66)65(35-47(67)62(5)23-13-14-28-70-71(6,7)49(2,3)4)45-32-37-15-11-12-16-42(37)50(45)20-24-63(25-21-50)26-22-51(39-18-19-43(54)44(55)34-39)36-64(27-29-69-51)48(68)38-30-40(52(56,57)58)33-41(31-38)53(59,60)61/h11-12,15-16,18-19,30-31,33-34,45H,8-10,13-14,17,20-29,32,35-36H2,1-7H3/t45?,51-/m0/s1. The molecule has 6 rings (SSSR count). The summed E-state index contributed by atoms with van der Waals surface area (Å²) in [6.45, 7) is 15.7. The van der Waals surface area contributed by atoms with Gasteiger partial charge in [0.15, 0.2) is 8.32 Å². The molecule has 2 atom stereocenters. The van der Waals surface area contributed by atoms with Crippen molar-refractivity contribution in [2.75, 3.05) is 66.1 Å². The van der Waals surface area contributed by atoms with Crippen molar-refractivity contribution in [1.82, 2.24) is 19.6 Å². The zero-order valence-electron chi connectivity index (χ0n) is 42.1. The number of unbranched alkanes of at least 4 members (excludes halogenated alkanes) is 3.